The lowest BCUT2D eigenvalue weighted by Gasteiger charge is -2.14. The van der Waals surface area contributed by atoms with Gasteiger partial charge in [0, 0.05) is 0 Å². The fourth-order valence-corrected chi connectivity index (χ4v) is 1.61. The van der Waals surface area contributed by atoms with E-state index >= 15 is 0 Å². The third-order valence-electron chi connectivity index (χ3n) is 2.43. The van der Waals surface area contributed by atoms with E-state index in [2.05, 4.69) is 13.8 Å². The molecule has 0 aromatic heterocycles. The number of benzene rings is 1. The highest BCUT2D eigenvalue weighted by Crippen LogP contribution is 2.20. The van der Waals surface area contributed by atoms with Gasteiger partial charge in [-0.05, 0) is 23.5 Å². The van der Waals surface area contributed by atoms with Gasteiger partial charge in [0.25, 0.3) is 0 Å². The molecule has 0 aliphatic carbocycles. The highest BCUT2D eigenvalue weighted by Gasteiger charge is 2.14. The number of hydrogen-bond acceptors (Lipinski definition) is 2. The monoisotopic (exact) mass is 243 g/mol. The summed E-state index contributed by atoms with van der Waals surface area (Å²) in [6, 6.07) is 7.03. The SMILES string of the molecule is CC(C)c1ccccc1CC(N)C(=O)O.Cl. The molecular weight excluding hydrogens is 226 g/mol. The van der Waals surface area contributed by atoms with Crippen LogP contribution >= 0.6 is 12.4 Å². The predicted molar refractivity (Wildman–Crippen MR) is 67.1 cm³/mol. The lowest BCUT2D eigenvalue weighted by Crippen LogP contribution is -2.32. The molecule has 16 heavy (non-hydrogen) atoms. The van der Waals surface area contributed by atoms with Gasteiger partial charge in [0.05, 0.1) is 0 Å². The molecule has 0 spiro atoms. The fourth-order valence-electron chi connectivity index (χ4n) is 1.61. The molecule has 1 atom stereocenters. The number of hydrogen-bond donors (Lipinski definition) is 2. The van der Waals surface area contributed by atoms with Crippen LogP contribution in [0.2, 0.25) is 0 Å². The van der Waals surface area contributed by atoms with Gasteiger partial charge in [-0.3, -0.25) is 4.79 Å². The van der Waals surface area contributed by atoms with Gasteiger partial charge in [0.2, 0.25) is 0 Å². The first-order valence-corrected chi connectivity index (χ1v) is 5.08. The summed E-state index contributed by atoms with van der Waals surface area (Å²) in [4.78, 5) is 10.7. The molecule has 0 heterocycles. The number of halogens is 1. The number of carboxylic acids is 1. The lowest BCUT2D eigenvalue weighted by molar-refractivity contribution is -0.138. The average molecular weight is 244 g/mol. The first kappa shape index (κ1) is 14.9. The Morgan fingerprint density at radius 1 is 1.38 bits per heavy atom. The molecule has 0 fully saturated rings. The lowest BCUT2D eigenvalue weighted by atomic mass is 9.93. The van der Waals surface area contributed by atoms with Crippen molar-refractivity contribution in [1.82, 2.24) is 0 Å². The predicted octanol–water partition coefficient (Wildman–Crippen LogP) is 2.19. The van der Waals surface area contributed by atoms with Crippen LogP contribution in [0.3, 0.4) is 0 Å². The van der Waals surface area contributed by atoms with Gasteiger partial charge in [-0.25, -0.2) is 0 Å². The Balaban J connectivity index is 0.00000225. The third kappa shape index (κ3) is 3.83. The van der Waals surface area contributed by atoms with E-state index in [0.717, 1.165) is 5.56 Å². The summed E-state index contributed by atoms with van der Waals surface area (Å²) in [6.45, 7) is 4.18. The van der Waals surface area contributed by atoms with Crippen molar-refractivity contribution in [2.45, 2.75) is 32.2 Å². The smallest absolute Gasteiger partial charge is 0.320 e. The molecule has 3 nitrogen and oxygen atoms in total. The summed E-state index contributed by atoms with van der Waals surface area (Å²) in [5.41, 5.74) is 7.72. The Hall–Kier alpha value is -1.06. The largest absolute Gasteiger partial charge is 0.480 e. The molecule has 0 bridgehead atoms. The summed E-state index contributed by atoms with van der Waals surface area (Å²) >= 11 is 0. The molecule has 3 N–H and O–H groups in total. The zero-order valence-electron chi connectivity index (χ0n) is 9.51. The molecule has 0 aliphatic rings. The molecule has 1 unspecified atom stereocenters. The zero-order chi connectivity index (χ0) is 11.4. The first-order valence-electron chi connectivity index (χ1n) is 5.08. The van der Waals surface area contributed by atoms with Gasteiger partial charge < -0.3 is 10.8 Å². The number of aliphatic carboxylic acids is 1. The van der Waals surface area contributed by atoms with E-state index in [-0.39, 0.29) is 12.4 Å². The Labute approximate surface area is 102 Å². The minimum absolute atomic E-state index is 0. The van der Waals surface area contributed by atoms with E-state index in [4.69, 9.17) is 10.8 Å². The maximum Gasteiger partial charge on any atom is 0.320 e. The Bertz CT molecular complexity index is 353. The normalized spacial score (nSPS) is 12.0. The van der Waals surface area contributed by atoms with Crippen LogP contribution in [0, 0.1) is 0 Å². The summed E-state index contributed by atoms with van der Waals surface area (Å²) in [5, 5.41) is 8.75. The molecule has 0 aliphatic heterocycles. The Morgan fingerprint density at radius 2 is 1.94 bits per heavy atom. The molecule has 90 valence electrons. The van der Waals surface area contributed by atoms with Gasteiger partial charge in [0.1, 0.15) is 6.04 Å². The van der Waals surface area contributed by atoms with Gasteiger partial charge in [0.15, 0.2) is 0 Å². The van der Waals surface area contributed by atoms with Crippen LogP contribution < -0.4 is 5.73 Å². The van der Waals surface area contributed by atoms with E-state index < -0.39 is 12.0 Å². The van der Waals surface area contributed by atoms with Crippen molar-refractivity contribution < 1.29 is 9.90 Å². The van der Waals surface area contributed by atoms with Crippen molar-refractivity contribution in [3.05, 3.63) is 35.4 Å². The van der Waals surface area contributed by atoms with Crippen molar-refractivity contribution in [2.24, 2.45) is 5.73 Å². The first-order chi connectivity index (χ1) is 7.02. The molecule has 1 aromatic carbocycles. The van der Waals surface area contributed by atoms with Crippen LogP contribution in [0.15, 0.2) is 24.3 Å². The molecule has 0 amide bonds. The third-order valence-corrected chi connectivity index (χ3v) is 2.43. The Kier molecular flexibility index (Phi) is 6.08. The van der Waals surface area contributed by atoms with Crippen LogP contribution in [0.25, 0.3) is 0 Å². The van der Waals surface area contributed by atoms with Crippen molar-refractivity contribution in [2.75, 3.05) is 0 Å². The van der Waals surface area contributed by atoms with Crippen LogP contribution in [0.5, 0.6) is 0 Å². The van der Waals surface area contributed by atoms with Crippen molar-refractivity contribution in [3.63, 3.8) is 0 Å². The van der Waals surface area contributed by atoms with E-state index in [1.165, 1.54) is 5.56 Å². The van der Waals surface area contributed by atoms with E-state index in [1.807, 2.05) is 24.3 Å². The Morgan fingerprint density at radius 3 is 2.44 bits per heavy atom. The maximum atomic E-state index is 10.7. The van der Waals surface area contributed by atoms with Crippen LogP contribution in [-0.4, -0.2) is 17.1 Å². The highest BCUT2D eigenvalue weighted by atomic mass is 35.5. The topological polar surface area (TPSA) is 63.3 Å². The maximum absolute atomic E-state index is 10.7. The number of carbonyl (C=O) groups is 1. The molecule has 1 aromatic rings. The molecular formula is C12H18ClNO2. The van der Waals surface area contributed by atoms with Gasteiger partial charge >= 0.3 is 5.97 Å². The standard InChI is InChI=1S/C12H17NO2.ClH/c1-8(2)10-6-4-3-5-9(10)7-11(13)12(14)15;/h3-6,8,11H,7,13H2,1-2H3,(H,14,15);1H. The summed E-state index contributed by atoms with van der Waals surface area (Å²) in [7, 11) is 0. The highest BCUT2D eigenvalue weighted by molar-refractivity contribution is 5.85. The quantitative estimate of drug-likeness (QED) is 0.852. The minimum Gasteiger partial charge on any atom is -0.480 e. The molecule has 4 heteroatoms. The molecule has 1 rings (SSSR count). The van der Waals surface area contributed by atoms with Crippen molar-refractivity contribution in [1.29, 1.82) is 0 Å². The molecule has 0 saturated carbocycles. The molecule has 0 saturated heterocycles. The van der Waals surface area contributed by atoms with E-state index in [0.29, 0.717) is 12.3 Å². The zero-order valence-corrected chi connectivity index (χ0v) is 10.3. The van der Waals surface area contributed by atoms with Gasteiger partial charge in [-0.1, -0.05) is 38.1 Å². The van der Waals surface area contributed by atoms with E-state index in [9.17, 15) is 4.79 Å². The van der Waals surface area contributed by atoms with Crippen LogP contribution in [0.4, 0.5) is 0 Å². The fraction of sp³-hybridized carbons (Fsp3) is 0.417. The number of nitrogens with two attached hydrogens (primary N) is 1. The van der Waals surface area contributed by atoms with Gasteiger partial charge in [-0.15, -0.1) is 12.4 Å². The summed E-state index contributed by atoms with van der Waals surface area (Å²) in [6.07, 6.45) is 0.393. The second-order valence-corrected chi connectivity index (χ2v) is 4.00. The van der Waals surface area contributed by atoms with E-state index in [1.54, 1.807) is 0 Å². The number of rotatable bonds is 4. The summed E-state index contributed by atoms with van der Waals surface area (Å²) in [5.74, 6) is -0.559. The average Bonchev–Trinajstić information content (AvgIpc) is 2.18. The minimum atomic E-state index is -0.950. The summed E-state index contributed by atoms with van der Waals surface area (Å²) < 4.78 is 0. The van der Waals surface area contributed by atoms with Crippen molar-refractivity contribution >= 4 is 18.4 Å². The van der Waals surface area contributed by atoms with Crippen molar-refractivity contribution in [3.8, 4) is 0 Å². The number of carboxylic acid groups (broad SMARTS) is 1. The van der Waals surface area contributed by atoms with Crippen LogP contribution in [-0.2, 0) is 11.2 Å². The molecule has 0 radical (unpaired) electrons. The second-order valence-electron chi connectivity index (χ2n) is 4.00. The van der Waals surface area contributed by atoms with Gasteiger partial charge in [-0.2, -0.15) is 0 Å². The second kappa shape index (κ2) is 6.51. The van der Waals surface area contributed by atoms with Crippen LogP contribution in [0.1, 0.15) is 30.9 Å².